The number of methoxy groups -OCH3 is 1. The lowest BCUT2D eigenvalue weighted by atomic mass is 10.1. The summed E-state index contributed by atoms with van der Waals surface area (Å²) in [6.45, 7) is 1.20. The van der Waals surface area contributed by atoms with Gasteiger partial charge >= 0.3 is 0 Å². The van der Waals surface area contributed by atoms with Gasteiger partial charge in [0, 0.05) is 19.2 Å². The molecule has 8 heteroatoms. The fourth-order valence-corrected chi connectivity index (χ4v) is 4.45. The Morgan fingerprint density at radius 2 is 2.09 bits per heavy atom. The molecule has 0 amide bonds. The van der Waals surface area contributed by atoms with Crippen molar-refractivity contribution in [2.45, 2.75) is 43.1 Å². The number of hydrogen-bond donors (Lipinski definition) is 1. The molecule has 23 heavy (non-hydrogen) atoms. The minimum Gasteiger partial charge on any atom is -0.495 e. The lowest BCUT2D eigenvalue weighted by Gasteiger charge is -2.12. The first kappa shape index (κ1) is 18.8. The van der Waals surface area contributed by atoms with Crippen molar-refractivity contribution in [3.63, 3.8) is 0 Å². The minimum atomic E-state index is -3.69. The van der Waals surface area contributed by atoms with Gasteiger partial charge in [0.15, 0.2) is 0 Å². The number of nitrogens with one attached hydrogen (secondary N) is 1. The second-order valence-electron chi connectivity index (χ2n) is 5.45. The molecule has 1 aliphatic heterocycles. The Balaban J connectivity index is 1.87. The Morgan fingerprint density at radius 1 is 1.30 bits per heavy atom. The highest BCUT2D eigenvalue weighted by atomic mass is 35.5. The van der Waals surface area contributed by atoms with Gasteiger partial charge in [0.2, 0.25) is 10.0 Å². The number of benzene rings is 1. The number of rotatable bonds is 8. The van der Waals surface area contributed by atoms with Crippen molar-refractivity contribution >= 4 is 33.2 Å². The maximum Gasteiger partial charge on any atom is 0.242 e. The van der Waals surface area contributed by atoms with Crippen LogP contribution in [0.4, 0.5) is 0 Å². The summed E-state index contributed by atoms with van der Waals surface area (Å²) in [4.78, 5) is -0.0379. The van der Waals surface area contributed by atoms with Crippen LogP contribution in [0, 0.1) is 0 Å². The Bertz CT molecular complexity index is 631. The van der Waals surface area contributed by atoms with E-state index >= 15 is 0 Å². The van der Waals surface area contributed by atoms with E-state index in [0.717, 1.165) is 38.7 Å². The maximum atomic E-state index is 12.3. The molecule has 0 spiro atoms. The average molecular weight is 382 g/mol. The molecule has 0 saturated carbocycles. The highest BCUT2D eigenvalue weighted by Crippen LogP contribution is 2.33. The molecule has 130 valence electrons. The molecule has 2 rings (SSSR count). The molecule has 1 fully saturated rings. The third-order valence-corrected chi connectivity index (χ3v) is 5.99. The van der Waals surface area contributed by atoms with Gasteiger partial charge in [0.25, 0.3) is 0 Å². The van der Waals surface area contributed by atoms with E-state index in [9.17, 15) is 8.42 Å². The van der Waals surface area contributed by atoms with Crippen molar-refractivity contribution in [1.29, 1.82) is 0 Å². The SMILES string of the molecule is COc1cc(Cl)c(S(=O)(=O)NCCCCC2CCCO2)cc1Cl. The van der Waals surface area contributed by atoms with E-state index in [1.807, 2.05) is 0 Å². The van der Waals surface area contributed by atoms with E-state index in [4.69, 9.17) is 32.7 Å². The number of sulfonamides is 1. The van der Waals surface area contributed by atoms with Crippen LogP contribution in [0.5, 0.6) is 5.75 Å². The summed E-state index contributed by atoms with van der Waals surface area (Å²) in [6, 6.07) is 2.70. The molecule has 1 aromatic carbocycles. The summed E-state index contributed by atoms with van der Waals surface area (Å²) in [5, 5.41) is 0.286. The van der Waals surface area contributed by atoms with Crippen LogP contribution in [-0.4, -0.2) is 34.8 Å². The molecular formula is C15H21Cl2NO4S. The van der Waals surface area contributed by atoms with E-state index in [0.29, 0.717) is 18.4 Å². The first-order valence-electron chi connectivity index (χ1n) is 7.58. The summed E-state index contributed by atoms with van der Waals surface area (Å²) in [6.07, 6.45) is 5.20. The first-order valence-corrected chi connectivity index (χ1v) is 9.82. The highest BCUT2D eigenvalue weighted by Gasteiger charge is 2.20. The Hall–Kier alpha value is -0.530. The van der Waals surface area contributed by atoms with Gasteiger partial charge in [-0.15, -0.1) is 0 Å². The zero-order valence-corrected chi connectivity index (χ0v) is 15.3. The highest BCUT2D eigenvalue weighted by molar-refractivity contribution is 7.89. The Kier molecular flexibility index (Phi) is 6.98. The van der Waals surface area contributed by atoms with E-state index in [-0.39, 0.29) is 14.9 Å². The predicted molar refractivity (Wildman–Crippen MR) is 91.0 cm³/mol. The second kappa shape index (κ2) is 8.53. The molecule has 0 aromatic heterocycles. The van der Waals surface area contributed by atoms with Crippen molar-refractivity contribution in [2.75, 3.05) is 20.3 Å². The normalized spacial score (nSPS) is 18.3. The lowest BCUT2D eigenvalue weighted by molar-refractivity contribution is 0.102. The molecule has 1 aliphatic rings. The van der Waals surface area contributed by atoms with E-state index in [1.165, 1.54) is 19.2 Å². The molecule has 1 atom stereocenters. The lowest BCUT2D eigenvalue weighted by Crippen LogP contribution is -2.25. The number of halogens is 2. The van der Waals surface area contributed by atoms with Crippen LogP contribution in [0.1, 0.15) is 32.1 Å². The van der Waals surface area contributed by atoms with E-state index in [2.05, 4.69) is 4.72 Å². The van der Waals surface area contributed by atoms with E-state index in [1.54, 1.807) is 0 Å². The van der Waals surface area contributed by atoms with Gasteiger partial charge in [0.05, 0.1) is 23.3 Å². The van der Waals surface area contributed by atoms with Crippen molar-refractivity contribution in [3.8, 4) is 5.75 Å². The number of hydrogen-bond acceptors (Lipinski definition) is 4. The van der Waals surface area contributed by atoms with Crippen LogP contribution in [0.25, 0.3) is 0 Å². The quantitative estimate of drug-likeness (QED) is 0.698. The Labute approximate surface area is 147 Å². The first-order chi connectivity index (χ1) is 10.9. The molecule has 1 aromatic rings. The van der Waals surface area contributed by atoms with Crippen LogP contribution in [0.2, 0.25) is 10.0 Å². The number of unbranched alkanes of at least 4 members (excludes halogenated alkanes) is 1. The predicted octanol–water partition coefficient (Wildman–Crippen LogP) is 3.63. The molecule has 1 heterocycles. The van der Waals surface area contributed by atoms with Crippen molar-refractivity contribution in [3.05, 3.63) is 22.2 Å². The van der Waals surface area contributed by atoms with E-state index < -0.39 is 10.0 Å². The summed E-state index contributed by atoms with van der Waals surface area (Å²) < 4.78 is 37.7. The summed E-state index contributed by atoms with van der Waals surface area (Å²) >= 11 is 12.0. The van der Waals surface area contributed by atoms with Crippen LogP contribution < -0.4 is 9.46 Å². The molecule has 1 unspecified atom stereocenters. The third kappa shape index (κ3) is 5.22. The average Bonchev–Trinajstić information content (AvgIpc) is 3.02. The van der Waals surface area contributed by atoms with Crippen LogP contribution in [0.15, 0.2) is 17.0 Å². The van der Waals surface area contributed by atoms with Gasteiger partial charge in [-0.2, -0.15) is 0 Å². The Morgan fingerprint density at radius 3 is 2.74 bits per heavy atom. The van der Waals surface area contributed by atoms with Gasteiger partial charge in [0.1, 0.15) is 10.6 Å². The van der Waals surface area contributed by atoms with Crippen LogP contribution >= 0.6 is 23.2 Å². The zero-order chi connectivity index (χ0) is 16.9. The monoisotopic (exact) mass is 381 g/mol. The summed E-state index contributed by atoms with van der Waals surface area (Å²) in [5.41, 5.74) is 0. The molecular weight excluding hydrogens is 361 g/mol. The van der Waals surface area contributed by atoms with Crippen molar-refractivity contribution in [1.82, 2.24) is 4.72 Å². The topological polar surface area (TPSA) is 64.6 Å². The molecule has 1 saturated heterocycles. The zero-order valence-electron chi connectivity index (χ0n) is 13.0. The fourth-order valence-electron chi connectivity index (χ4n) is 2.53. The number of ether oxygens (including phenoxy) is 2. The van der Waals surface area contributed by atoms with Gasteiger partial charge in [-0.05, 0) is 38.2 Å². The second-order valence-corrected chi connectivity index (χ2v) is 8.00. The third-order valence-electron chi connectivity index (χ3n) is 3.76. The van der Waals surface area contributed by atoms with Gasteiger partial charge in [-0.1, -0.05) is 23.2 Å². The smallest absolute Gasteiger partial charge is 0.242 e. The van der Waals surface area contributed by atoms with Gasteiger partial charge in [-0.25, -0.2) is 13.1 Å². The summed E-state index contributed by atoms with van der Waals surface area (Å²) in [5.74, 6) is 0.340. The standard InChI is InChI=1S/C15H21Cl2NO4S/c1-21-14-9-13(17)15(10-12(14)16)23(19,20)18-7-3-2-5-11-6-4-8-22-11/h9-11,18H,2-8H2,1H3. The van der Waals surface area contributed by atoms with Crippen molar-refractivity contribution in [2.24, 2.45) is 0 Å². The van der Waals surface area contributed by atoms with Crippen LogP contribution in [0.3, 0.4) is 0 Å². The fraction of sp³-hybridized carbons (Fsp3) is 0.600. The molecule has 0 bridgehead atoms. The maximum absolute atomic E-state index is 12.3. The van der Waals surface area contributed by atoms with Crippen LogP contribution in [-0.2, 0) is 14.8 Å². The molecule has 5 nitrogen and oxygen atoms in total. The summed E-state index contributed by atoms with van der Waals surface area (Å²) in [7, 11) is -2.25. The molecule has 0 aliphatic carbocycles. The molecule has 0 radical (unpaired) electrons. The molecule has 1 N–H and O–H groups in total. The van der Waals surface area contributed by atoms with Crippen molar-refractivity contribution < 1.29 is 17.9 Å². The minimum absolute atomic E-state index is 0.0379. The largest absolute Gasteiger partial charge is 0.495 e. The van der Waals surface area contributed by atoms with Gasteiger partial charge < -0.3 is 9.47 Å². The van der Waals surface area contributed by atoms with Gasteiger partial charge in [-0.3, -0.25) is 0 Å².